The topological polar surface area (TPSA) is 44.8 Å². The normalized spacial score (nSPS) is 11.7. The van der Waals surface area contributed by atoms with Gasteiger partial charge in [0.1, 0.15) is 18.5 Å². The first kappa shape index (κ1) is 20.6. The number of rotatable bonds is 9. The summed E-state index contributed by atoms with van der Waals surface area (Å²) < 4.78 is 16.5. The largest absolute Gasteiger partial charge is 0.489 e. The first-order valence-electron chi connectivity index (χ1n) is 9.81. The van der Waals surface area contributed by atoms with Gasteiger partial charge in [0.15, 0.2) is 0 Å². The van der Waals surface area contributed by atoms with Crippen molar-refractivity contribution >= 4 is 5.97 Å². The SMILES string of the molecule is CCOCC(C)OC(=O)c1ccc(-c2ccc(OCc3ccccc3)cc2)cc1. The number of carbonyl (C=O) groups is 1. The Bertz CT molecular complexity index is 886. The minimum Gasteiger partial charge on any atom is -0.489 e. The van der Waals surface area contributed by atoms with Crippen molar-refractivity contribution in [3.63, 3.8) is 0 Å². The van der Waals surface area contributed by atoms with Gasteiger partial charge in [-0.2, -0.15) is 0 Å². The number of esters is 1. The maximum absolute atomic E-state index is 12.2. The third-order valence-electron chi connectivity index (χ3n) is 4.42. The summed E-state index contributed by atoms with van der Waals surface area (Å²) in [4.78, 5) is 12.2. The minimum atomic E-state index is -0.339. The molecule has 0 radical (unpaired) electrons. The second-order valence-electron chi connectivity index (χ2n) is 6.75. The molecule has 0 amide bonds. The van der Waals surface area contributed by atoms with Crippen LogP contribution in [0.1, 0.15) is 29.8 Å². The molecule has 0 saturated carbocycles. The van der Waals surface area contributed by atoms with E-state index < -0.39 is 0 Å². The Kier molecular flexibility index (Phi) is 7.42. The van der Waals surface area contributed by atoms with E-state index in [9.17, 15) is 4.79 Å². The van der Waals surface area contributed by atoms with Gasteiger partial charge >= 0.3 is 5.97 Å². The molecule has 3 aromatic carbocycles. The number of benzene rings is 3. The average Bonchev–Trinajstić information content (AvgIpc) is 2.77. The van der Waals surface area contributed by atoms with Crippen LogP contribution in [0.2, 0.25) is 0 Å². The van der Waals surface area contributed by atoms with Gasteiger partial charge in [-0.1, -0.05) is 54.6 Å². The van der Waals surface area contributed by atoms with Crippen LogP contribution in [0.3, 0.4) is 0 Å². The lowest BCUT2D eigenvalue weighted by Crippen LogP contribution is -2.20. The molecule has 3 aromatic rings. The highest BCUT2D eigenvalue weighted by molar-refractivity contribution is 5.90. The van der Waals surface area contributed by atoms with Crippen LogP contribution in [0.15, 0.2) is 78.9 Å². The Morgan fingerprint density at radius 3 is 2.10 bits per heavy atom. The van der Waals surface area contributed by atoms with E-state index in [1.165, 1.54) is 0 Å². The maximum Gasteiger partial charge on any atom is 0.338 e. The zero-order valence-corrected chi connectivity index (χ0v) is 16.8. The van der Waals surface area contributed by atoms with E-state index in [0.717, 1.165) is 22.4 Å². The summed E-state index contributed by atoms with van der Waals surface area (Å²) in [6.45, 7) is 5.28. The van der Waals surface area contributed by atoms with E-state index in [2.05, 4.69) is 0 Å². The van der Waals surface area contributed by atoms with E-state index in [-0.39, 0.29) is 12.1 Å². The van der Waals surface area contributed by atoms with E-state index in [4.69, 9.17) is 14.2 Å². The standard InChI is InChI=1S/C25H26O4/c1-3-27-17-19(2)29-25(26)23-11-9-21(10-12-23)22-13-15-24(16-14-22)28-18-20-7-5-4-6-8-20/h4-16,19H,3,17-18H2,1-2H3. The van der Waals surface area contributed by atoms with Crippen molar-refractivity contribution in [2.24, 2.45) is 0 Å². The molecule has 0 aliphatic heterocycles. The molecule has 0 fully saturated rings. The molecule has 0 aliphatic carbocycles. The zero-order chi connectivity index (χ0) is 20.5. The Morgan fingerprint density at radius 2 is 1.48 bits per heavy atom. The molecule has 0 saturated heterocycles. The number of ether oxygens (including phenoxy) is 3. The molecule has 1 atom stereocenters. The summed E-state index contributed by atoms with van der Waals surface area (Å²) >= 11 is 0. The smallest absolute Gasteiger partial charge is 0.338 e. The molecule has 0 aromatic heterocycles. The summed E-state index contributed by atoms with van der Waals surface area (Å²) in [7, 11) is 0. The lowest BCUT2D eigenvalue weighted by atomic mass is 10.0. The van der Waals surface area contributed by atoms with Gasteiger partial charge in [-0.05, 0) is 54.8 Å². The minimum absolute atomic E-state index is 0.273. The molecule has 3 rings (SSSR count). The third-order valence-corrected chi connectivity index (χ3v) is 4.42. The quantitative estimate of drug-likeness (QED) is 0.452. The lowest BCUT2D eigenvalue weighted by molar-refractivity contribution is 0.00440. The van der Waals surface area contributed by atoms with Crippen molar-refractivity contribution in [3.05, 3.63) is 90.0 Å². The van der Waals surface area contributed by atoms with Crippen LogP contribution >= 0.6 is 0 Å². The van der Waals surface area contributed by atoms with E-state index in [1.807, 2.05) is 80.6 Å². The lowest BCUT2D eigenvalue weighted by Gasteiger charge is -2.13. The molecule has 0 aliphatic rings. The maximum atomic E-state index is 12.2. The van der Waals surface area contributed by atoms with Crippen molar-refractivity contribution < 1.29 is 19.0 Å². The molecule has 4 nitrogen and oxygen atoms in total. The van der Waals surface area contributed by atoms with Crippen LogP contribution in [0.4, 0.5) is 0 Å². The second kappa shape index (κ2) is 10.4. The van der Waals surface area contributed by atoms with Gasteiger partial charge in [0.25, 0.3) is 0 Å². The summed E-state index contributed by atoms with van der Waals surface area (Å²) in [5.74, 6) is 0.481. The van der Waals surface area contributed by atoms with E-state index in [0.29, 0.717) is 25.4 Å². The van der Waals surface area contributed by atoms with Gasteiger partial charge in [0, 0.05) is 6.61 Å². The molecule has 0 bridgehead atoms. The van der Waals surface area contributed by atoms with Gasteiger partial charge in [-0.3, -0.25) is 0 Å². The fourth-order valence-corrected chi connectivity index (χ4v) is 2.85. The zero-order valence-electron chi connectivity index (χ0n) is 16.8. The molecule has 1 unspecified atom stereocenters. The first-order chi connectivity index (χ1) is 14.2. The van der Waals surface area contributed by atoms with Gasteiger partial charge in [-0.25, -0.2) is 4.79 Å². The monoisotopic (exact) mass is 390 g/mol. The number of hydrogen-bond acceptors (Lipinski definition) is 4. The summed E-state index contributed by atoms with van der Waals surface area (Å²) in [5, 5.41) is 0. The molecule has 4 heteroatoms. The van der Waals surface area contributed by atoms with Crippen molar-refractivity contribution in [2.45, 2.75) is 26.6 Å². The predicted octanol–water partition coefficient (Wildman–Crippen LogP) is 5.51. The van der Waals surface area contributed by atoms with Crippen molar-refractivity contribution in [3.8, 4) is 16.9 Å². The van der Waals surface area contributed by atoms with Crippen LogP contribution in [0.5, 0.6) is 5.75 Å². The van der Waals surface area contributed by atoms with Crippen molar-refractivity contribution in [2.75, 3.05) is 13.2 Å². The van der Waals surface area contributed by atoms with Gasteiger partial charge in [0.2, 0.25) is 0 Å². The molecular formula is C25H26O4. The van der Waals surface area contributed by atoms with Crippen molar-refractivity contribution in [1.82, 2.24) is 0 Å². The Morgan fingerprint density at radius 1 is 0.862 bits per heavy atom. The summed E-state index contributed by atoms with van der Waals surface area (Å²) in [6.07, 6.45) is -0.273. The van der Waals surface area contributed by atoms with Gasteiger partial charge in [-0.15, -0.1) is 0 Å². The number of hydrogen-bond donors (Lipinski definition) is 0. The van der Waals surface area contributed by atoms with Crippen LogP contribution in [0, 0.1) is 0 Å². The first-order valence-corrected chi connectivity index (χ1v) is 9.81. The Balaban J connectivity index is 1.57. The second-order valence-corrected chi connectivity index (χ2v) is 6.75. The van der Waals surface area contributed by atoms with Crippen LogP contribution in [-0.4, -0.2) is 25.3 Å². The summed E-state index contributed by atoms with van der Waals surface area (Å²) in [6, 6.07) is 25.4. The Labute approximate surface area is 172 Å². The molecular weight excluding hydrogens is 364 g/mol. The van der Waals surface area contributed by atoms with Gasteiger partial charge in [0.05, 0.1) is 12.2 Å². The highest BCUT2D eigenvalue weighted by atomic mass is 16.6. The molecule has 0 heterocycles. The van der Waals surface area contributed by atoms with Gasteiger partial charge < -0.3 is 14.2 Å². The Hall–Kier alpha value is -3.11. The fraction of sp³-hybridized carbons (Fsp3) is 0.240. The predicted molar refractivity (Wildman–Crippen MR) is 114 cm³/mol. The highest BCUT2D eigenvalue weighted by Crippen LogP contribution is 2.23. The fourth-order valence-electron chi connectivity index (χ4n) is 2.85. The molecule has 29 heavy (non-hydrogen) atoms. The number of carbonyl (C=O) groups excluding carboxylic acids is 1. The molecule has 0 N–H and O–H groups in total. The van der Waals surface area contributed by atoms with Crippen LogP contribution in [-0.2, 0) is 16.1 Å². The van der Waals surface area contributed by atoms with E-state index in [1.54, 1.807) is 12.1 Å². The van der Waals surface area contributed by atoms with Crippen LogP contribution in [0.25, 0.3) is 11.1 Å². The average molecular weight is 390 g/mol. The van der Waals surface area contributed by atoms with Crippen molar-refractivity contribution in [1.29, 1.82) is 0 Å². The highest BCUT2D eigenvalue weighted by Gasteiger charge is 2.12. The van der Waals surface area contributed by atoms with E-state index >= 15 is 0 Å². The molecule has 150 valence electrons. The third kappa shape index (κ3) is 6.19. The molecule has 0 spiro atoms. The van der Waals surface area contributed by atoms with Crippen LogP contribution < -0.4 is 4.74 Å². The summed E-state index contributed by atoms with van der Waals surface area (Å²) in [5.41, 5.74) is 3.75.